The van der Waals surface area contributed by atoms with Crippen molar-refractivity contribution in [3.63, 3.8) is 0 Å². The molecule has 5 fully saturated rings. The molecule has 15 rings (SSSR count). The van der Waals surface area contributed by atoms with Crippen LogP contribution in [0.2, 0.25) is 5.28 Å². The van der Waals surface area contributed by atoms with E-state index in [9.17, 15) is 0 Å². The summed E-state index contributed by atoms with van der Waals surface area (Å²) in [5, 5.41) is 4.27. The lowest BCUT2D eigenvalue weighted by molar-refractivity contribution is -0.0334. The van der Waals surface area contributed by atoms with Gasteiger partial charge in [0.05, 0.1) is 60.6 Å². The molecule has 13 heterocycles. The van der Waals surface area contributed by atoms with Crippen LogP contribution in [-0.4, -0.2) is 173 Å². The van der Waals surface area contributed by atoms with Gasteiger partial charge in [-0.2, -0.15) is 4.98 Å². The van der Waals surface area contributed by atoms with Crippen LogP contribution in [0.3, 0.4) is 0 Å². The second kappa shape index (κ2) is 22.1. The van der Waals surface area contributed by atoms with Crippen molar-refractivity contribution >= 4 is 102 Å². The highest BCUT2D eigenvalue weighted by Crippen LogP contribution is 2.40. The standard InChI is InChI=1S/C27H28N6O3.C18H20ClN5O3.C15H20BNO2/c1-16-9-20(19-3-4-28-22(19)10-16)25-30-23-21-11-17(13-32-14-18(15-32)34-2)12-29-27(21)36-24(23)26(31-25)33-5-7-35-8-6-33;1-25-12-9-23(10-12)8-11-6-13-14-15(27-17(13)20-7-11)16(22-18(19)21-14)24-2-4-26-5-3-24;1-10-8-12(11-6-7-17-13(11)9-10)16-18-14(2,3)15(4,5)19-16/h3-4,9-12,18,28H,5-8,13-15H2,1-2H3;6-7,12H,2-5,8-10H2,1H3;6-9,17H,1-5H3. The van der Waals surface area contributed by atoms with Crippen LogP contribution >= 0.6 is 11.6 Å². The maximum absolute atomic E-state index is 6.30. The Kier molecular flexibility index (Phi) is 14.7. The number of ether oxygens (including phenoxy) is 4. The number of aromatic nitrogens is 8. The number of benzene rings is 2. The lowest BCUT2D eigenvalue weighted by atomic mass is 9.76. The third-order valence-electron chi connectivity index (χ3n) is 16.7. The number of morpholine rings is 2. The first kappa shape index (κ1) is 54.5. The first-order chi connectivity index (χ1) is 39.7. The van der Waals surface area contributed by atoms with E-state index in [1.165, 1.54) is 10.9 Å². The van der Waals surface area contributed by atoms with Crippen molar-refractivity contribution in [3.05, 3.63) is 101 Å². The highest BCUT2D eigenvalue weighted by molar-refractivity contribution is 6.65. The molecule has 0 radical (unpaired) electrons. The predicted molar refractivity (Wildman–Crippen MR) is 318 cm³/mol. The highest BCUT2D eigenvalue weighted by Gasteiger charge is 2.52. The molecule has 5 aliphatic heterocycles. The summed E-state index contributed by atoms with van der Waals surface area (Å²) in [5.41, 5.74) is 12.3. The van der Waals surface area contributed by atoms with E-state index in [0.29, 0.717) is 78.4 Å². The lowest BCUT2D eigenvalue weighted by Crippen LogP contribution is -2.50. The van der Waals surface area contributed by atoms with Crippen molar-refractivity contribution in [3.8, 4) is 11.4 Å². The molecule has 0 saturated carbocycles. The number of halogens is 1. The number of likely N-dealkylation sites (tertiary alicyclic amines) is 2. The Bertz CT molecular complexity index is 3950. The van der Waals surface area contributed by atoms with Crippen molar-refractivity contribution in [1.29, 1.82) is 0 Å². The number of aryl methyl sites for hydroxylation is 2. The normalized spacial score (nSPS) is 18.9. The van der Waals surface area contributed by atoms with Gasteiger partial charge in [0.15, 0.2) is 28.6 Å². The van der Waals surface area contributed by atoms with Gasteiger partial charge in [-0.25, -0.2) is 24.9 Å². The first-order valence-electron chi connectivity index (χ1n) is 28.2. The summed E-state index contributed by atoms with van der Waals surface area (Å²) in [7, 11) is 3.22. The molecule has 0 spiro atoms. The second-order valence-electron chi connectivity index (χ2n) is 23.1. The molecule has 0 bridgehead atoms. The molecule has 8 aromatic heterocycles. The summed E-state index contributed by atoms with van der Waals surface area (Å²) >= 11 is 6.22. The van der Waals surface area contributed by atoms with Crippen molar-refractivity contribution in [1.82, 2.24) is 49.7 Å². The van der Waals surface area contributed by atoms with Gasteiger partial charge in [0.2, 0.25) is 16.7 Å². The van der Waals surface area contributed by atoms with Crippen LogP contribution in [0.25, 0.3) is 77.6 Å². The van der Waals surface area contributed by atoms with Crippen LogP contribution < -0.4 is 15.3 Å². The monoisotopic (exact) mass is 1130 g/mol. The van der Waals surface area contributed by atoms with E-state index in [2.05, 4.69) is 140 Å². The number of hydrogen-bond acceptors (Lipinski definition) is 18. The fourth-order valence-electron chi connectivity index (χ4n) is 11.5. The zero-order valence-electron chi connectivity index (χ0n) is 47.7. The van der Waals surface area contributed by atoms with Crippen LogP contribution in [-0.2, 0) is 41.3 Å². The van der Waals surface area contributed by atoms with Crippen LogP contribution in [0, 0.1) is 13.8 Å². The maximum Gasteiger partial charge on any atom is 0.495 e. The smallest absolute Gasteiger partial charge is 0.432 e. The Morgan fingerprint density at radius 2 is 1.10 bits per heavy atom. The molecule has 82 heavy (non-hydrogen) atoms. The van der Waals surface area contributed by atoms with Gasteiger partial charge in [0.1, 0.15) is 11.0 Å². The molecular weight excluding hydrogens is 1060 g/mol. The minimum atomic E-state index is -0.303. The number of anilines is 2. The Labute approximate surface area is 479 Å². The minimum Gasteiger partial charge on any atom is -0.432 e. The molecule has 10 aromatic rings. The number of hydrogen-bond donors (Lipinski definition) is 2. The van der Waals surface area contributed by atoms with Crippen molar-refractivity contribution < 1.29 is 37.1 Å². The minimum absolute atomic E-state index is 0.211. The predicted octanol–water partition coefficient (Wildman–Crippen LogP) is 8.76. The summed E-state index contributed by atoms with van der Waals surface area (Å²) in [6, 6.07) is 17.0. The van der Waals surface area contributed by atoms with Gasteiger partial charge in [-0.1, -0.05) is 6.07 Å². The molecule has 0 unspecified atom stereocenters. The van der Waals surface area contributed by atoms with E-state index in [0.717, 1.165) is 132 Å². The number of nitrogens with one attached hydrogen (secondary N) is 2. The SMILES string of the molecule is COC1CN(Cc2cnc3oc4c(N5CCOCC5)nc(-c5cc(C)cc6[nH]ccc56)nc4c3c2)C1.COC1CN(Cc2cnc3oc4c(N5CCOCC5)nc(Cl)nc4c3c2)C1.Cc1cc(B2OC(C)(C)C(C)(C)O2)c2cc[nH]c2c1. The molecule has 22 heteroatoms. The third kappa shape index (κ3) is 10.6. The number of rotatable bonds is 10. The van der Waals surface area contributed by atoms with E-state index in [1.54, 1.807) is 14.2 Å². The molecule has 0 amide bonds. The van der Waals surface area contributed by atoms with Crippen LogP contribution in [0.15, 0.2) is 82.2 Å². The first-order valence-corrected chi connectivity index (χ1v) is 28.6. The Balaban J connectivity index is 0.000000122. The molecule has 5 saturated heterocycles. The maximum atomic E-state index is 6.30. The molecule has 2 N–H and O–H groups in total. The molecular formula is C60H68BClN12O8. The van der Waals surface area contributed by atoms with Crippen molar-refractivity contribution in [2.45, 2.75) is 78.0 Å². The highest BCUT2D eigenvalue weighted by atomic mass is 35.5. The molecule has 20 nitrogen and oxygen atoms in total. The summed E-state index contributed by atoms with van der Waals surface area (Å²) in [6.45, 7) is 23.5. The third-order valence-corrected chi connectivity index (χ3v) is 16.9. The van der Waals surface area contributed by atoms with Crippen LogP contribution in [0.1, 0.15) is 49.9 Å². The lowest BCUT2D eigenvalue weighted by Gasteiger charge is -2.38. The topological polar surface area (TPSA) is 204 Å². The number of furan rings is 2. The Morgan fingerprint density at radius 1 is 0.610 bits per heavy atom. The van der Waals surface area contributed by atoms with Gasteiger partial charge in [0, 0.05) is 126 Å². The largest absolute Gasteiger partial charge is 0.495 e. The number of nitrogens with zero attached hydrogens (tertiary/aromatic N) is 10. The number of aromatic amines is 2. The summed E-state index contributed by atoms with van der Waals surface area (Å²) in [5.74, 6) is 2.20. The molecule has 0 atom stereocenters. The van der Waals surface area contributed by atoms with Gasteiger partial charge in [0.25, 0.3) is 0 Å². The summed E-state index contributed by atoms with van der Waals surface area (Å²) < 4.78 is 46.4. The average Bonchev–Trinajstić information content (AvgIpc) is 3.65. The van der Waals surface area contributed by atoms with Gasteiger partial charge in [-0.3, -0.25) is 9.80 Å². The number of methoxy groups -OCH3 is 2. The van der Waals surface area contributed by atoms with E-state index < -0.39 is 0 Å². The van der Waals surface area contributed by atoms with E-state index in [1.807, 2.05) is 24.8 Å². The van der Waals surface area contributed by atoms with Gasteiger partial charge in [-0.05, 0) is 129 Å². The second-order valence-corrected chi connectivity index (χ2v) is 23.4. The zero-order valence-corrected chi connectivity index (χ0v) is 48.4. The van der Waals surface area contributed by atoms with Gasteiger partial charge in [-0.15, -0.1) is 0 Å². The number of H-pyrrole nitrogens is 2. The van der Waals surface area contributed by atoms with Gasteiger partial charge >= 0.3 is 7.12 Å². The number of pyridine rings is 2. The van der Waals surface area contributed by atoms with E-state index in [4.69, 9.17) is 58.7 Å². The molecule has 5 aliphatic rings. The Hall–Kier alpha value is -6.79. The van der Waals surface area contributed by atoms with Gasteiger partial charge < -0.3 is 56.9 Å². The molecule has 2 aromatic carbocycles. The Morgan fingerprint density at radius 3 is 1.63 bits per heavy atom. The quantitative estimate of drug-likeness (QED) is 0.0970. The van der Waals surface area contributed by atoms with E-state index in [-0.39, 0.29) is 23.6 Å². The zero-order chi connectivity index (χ0) is 56.4. The number of fused-ring (bicyclic) bond motifs is 8. The van der Waals surface area contributed by atoms with Crippen molar-refractivity contribution in [2.75, 3.05) is 103 Å². The van der Waals surface area contributed by atoms with Crippen molar-refractivity contribution in [2.24, 2.45) is 0 Å². The average molecular weight is 1130 g/mol. The summed E-state index contributed by atoms with van der Waals surface area (Å²) in [4.78, 5) is 43.8. The molecule has 426 valence electrons. The molecule has 0 aliphatic carbocycles. The van der Waals surface area contributed by atoms with Crippen LogP contribution in [0.5, 0.6) is 0 Å². The van der Waals surface area contributed by atoms with Crippen LogP contribution in [0.4, 0.5) is 11.6 Å². The fourth-order valence-corrected chi connectivity index (χ4v) is 11.7. The summed E-state index contributed by atoms with van der Waals surface area (Å²) in [6.07, 6.45) is 8.33. The van der Waals surface area contributed by atoms with E-state index >= 15 is 0 Å². The fraction of sp³-hybridized carbons (Fsp3) is 0.433.